The van der Waals surface area contributed by atoms with E-state index in [1.165, 1.54) is 0 Å². The lowest BCUT2D eigenvalue weighted by molar-refractivity contribution is 0.149. The number of carbonyl (C=O) groups is 1. The van der Waals surface area contributed by atoms with Gasteiger partial charge in [-0.05, 0) is 24.3 Å². The molecule has 2 rings (SSSR count). The fourth-order valence-electron chi connectivity index (χ4n) is 2.11. The number of nitrogens with zero attached hydrogens (tertiary/aromatic N) is 2. The van der Waals surface area contributed by atoms with Crippen LogP contribution in [0.25, 0.3) is 0 Å². The average molecular weight is 295 g/mol. The summed E-state index contributed by atoms with van der Waals surface area (Å²) >= 11 is 5.80. The molecule has 20 heavy (non-hydrogen) atoms. The van der Waals surface area contributed by atoms with E-state index in [0.717, 1.165) is 25.3 Å². The van der Waals surface area contributed by atoms with Gasteiger partial charge in [0, 0.05) is 49.9 Å². The maximum atomic E-state index is 12.1. The van der Waals surface area contributed by atoms with E-state index in [0.29, 0.717) is 24.5 Å². The SMILES string of the molecule is O=[C]CCN1CCN(C(=O)Nc2ccc(Cl)cc2)CC1. The molecular formula is C14H17ClN3O2. The largest absolute Gasteiger partial charge is 0.322 e. The zero-order chi connectivity index (χ0) is 14.4. The van der Waals surface area contributed by atoms with Gasteiger partial charge in [-0.3, -0.25) is 9.69 Å². The Balaban J connectivity index is 1.79. The highest BCUT2D eigenvalue weighted by Crippen LogP contribution is 2.14. The van der Waals surface area contributed by atoms with Crippen molar-refractivity contribution >= 4 is 29.6 Å². The molecule has 6 heteroatoms. The molecule has 0 saturated carbocycles. The molecule has 1 heterocycles. The van der Waals surface area contributed by atoms with E-state index >= 15 is 0 Å². The molecule has 0 spiro atoms. The van der Waals surface area contributed by atoms with Crippen molar-refractivity contribution < 1.29 is 9.59 Å². The van der Waals surface area contributed by atoms with E-state index < -0.39 is 0 Å². The normalized spacial score (nSPS) is 15.9. The van der Waals surface area contributed by atoms with Crippen LogP contribution in [0, 0.1) is 0 Å². The summed E-state index contributed by atoms with van der Waals surface area (Å²) < 4.78 is 0. The van der Waals surface area contributed by atoms with Crippen molar-refractivity contribution in [3.63, 3.8) is 0 Å². The first-order valence-corrected chi connectivity index (χ1v) is 6.95. The van der Waals surface area contributed by atoms with Gasteiger partial charge in [0.1, 0.15) is 0 Å². The number of benzene rings is 1. The van der Waals surface area contributed by atoms with E-state index in [4.69, 9.17) is 11.6 Å². The number of urea groups is 1. The molecule has 2 amide bonds. The Morgan fingerprint density at radius 1 is 1.20 bits per heavy atom. The molecule has 0 unspecified atom stereocenters. The van der Waals surface area contributed by atoms with Crippen LogP contribution in [0.3, 0.4) is 0 Å². The average Bonchev–Trinajstić information content (AvgIpc) is 2.48. The molecule has 5 nitrogen and oxygen atoms in total. The molecule has 1 aromatic carbocycles. The van der Waals surface area contributed by atoms with Crippen LogP contribution in [0.5, 0.6) is 0 Å². The van der Waals surface area contributed by atoms with Gasteiger partial charge in [-0.2, -0.15) is 0 Å². The van der Waals surface area contributed by atoms with Crippen molar-refractivity contribution in [2.45, 2.75) is 6.42 Å². The van der Waals surface area contributed by atoms with Crippen LogP contribution in [-0.4, -0.2) is 54.8 Å². The molecule has 1 fully saturated rings. The van der Waals surface area contributed by atoms with Crippen LogP contribution in [-0.2, 0) is 4.79 Å². The molecular weight excluding hydrogens is 278 g/mol. The van der Waals surface area contributed by atoms with Crippen LogP contribution >= 0.6 is 11.6 Å². The van der Waals surface area contributed by atoms with Gasteiger partial charge in [0.2, 0.25) is 0 Å². The second-order valence-corrected chi connectivity index (χ2v) is 5.10. The first kappa shape index (κ1) is 14.8. The summed E-state index contributed by atoms with van der Waals surface area (Å²) in [4.78, 5) is 26.2. The number of hydrogen-bond donors (Lipinski definition) is 1. The van der Waals surface area contributed by atoms with Gasteiger partial charge in [-0.25, -0.2) is 4.79 Å². The number of carbonyl (C=O) groups excluding carboxylic acids is 2. The minimum atomic E-state index is -0.103. The summed E-state index contributed by atoms with van der Waals surface area (Å²) in [5.74, 6) is 0. The van der Waals surface area contributed by atoms with Gasteiger partial charge >= 0.3 is 6.03 Å². The summed E-state index contributed by atoms with van der Waals surface area (Å²) in [6.45, 7) is 3.62. The maximum absolute atomic E-state index is 12.1. The molecule has 107 valence electrons. The van der Waals surface area contributed by atoms with Crippen LogP contribution in [0.4, 0.5) is 10.5 Å². The molecule has 0 bridgehead atoms. The highest BCUT2D eigenvalue weighted by molar-refractivity contribution is 6.30. The second kappa shape index (κ2) is 7.26. The topological polar surface area (TPSA) is 52.7 Å². The summed E-state index contributed by atoms with van der Waals surface area (Å²) in [5.41, 5.74) is 0.734. The highest BCUT2D eigenvalue weighted by Gasteiger charge is 2.20. The van der Waals surface area contributed by atoms with E-state index in [2.05, 4.69) is 10.2 Å². The Morgan fingerprint density at radius 2 is 1.85 bits per heavy atom. The van der Waals surface area contributed by atoms with Gasteiger partial charge in [0.25, 0.3) is 0 Å². The number of piperazine rings is 1. The van der Waals surface area contributed by atoms with Gasteiger partial charge in [-0.1, -0.05) is 11.6 Å². The molecule has 1 N–H and O–H groups in total. The third-order valence-corrected chi connectivity index (χ3v) is 3.54. The fourth-order valence-corrected chi connectivity index (χ4v) is 2.24. The summed E-state index contributed by atoms with van der Waals surface area (Å²) in [6.07, 6.45) is 2.32. The number of nitrogens with one attached hydrogen (secondary N) is 1. The van der Waals surface area contributed by atoms with Crippen molar-refractivity contribution in [3.05, 3.63) is 29.3 Å². The molecule has 1 saturated heterocycles. The Labute approximate surface area is 123 Å². The number of amides is 2. The lowest BCUT2D eigenvalue weighted by Crippen LogP contribution is -2.50. The predicted octanol–water partition coefficient (Wildman–Crippen LogP) is 1.99. The van der Waals surface area contributed by atoms with Gasteiger partial charge in [0.05, 0.1) is 0 Å². The van der Waals surface area contributed by atoms with Crippen molar-refractivity contribution in [1.82, 2.24) is 9.80 Å². The minimum absolute atomic E-state index is 0.103. The summed E-state index contributed by atoms with van der Waals surface area (Å²) in [7, 11) is 0. The third-order valence-electron chi connectivity index (χ3n) is 3.29. The molecule has 1 aliphatic rings. The number of rotatable bonds is 4. The Kier molecular flexibility index (Phi) is 5.38. The van der Waals surface area contributed by atoms with Crippen LogP contribution in [0.2, 0.25) is 5.02 Å². The molecule has 0 atom stereocenters. The van der Waals surface area contributed by atoms with Crippen molar-refractivity contribution in [2.75, 3.05) is 38.0 Å². The maximum Gasteiger partial charge on any atom is 0.321 e. The summed E-state index contributed by atoms with van der Waals surface area (Å²) in [5, 5.41) is 3.49. The van der Waals surface area contributed by atoms with Gasteiger partial charge < -0.3 is 10.2 Å². The van der Waals surface area contributed by atoms with E-state index in [1.54, 1.807) is 29.2 Å². The fraction of sp³-hybridized carbons (Fsp3) is 0.429. The van der Waals surface area contributed by atoms with Gasteiger partial charge in [0.15, 0.2) is 6.29 Å². The van der Waals surface area contributed by atoms with Gasteiger partial charge in [-0.15, -0.1) is 0 Å². The first-order valence-electron chi connectivity index (χ1n) is 6.58. The lowest BCUT2D eigenvalue weighted by atomic mass is 10.3. The number of anilines is 1. The van der Waals surface area contributed by atoms with E-state index in [9.17, 15) is 9.59 Å². The third kappa shape index (κ3) is 4.21. The van der Waals surface area contributed by atoms with Crippen LogP contribution in [0.15, 0.2) is 24.3 Å². The zero-order valence-electron chi connectivity index (χ0n) is 11.1. The monoisotopic (exact) mass is 294 g/mol. The second-order valence-electron chi connectivity index (χ2n) is 4.66. The predicted molar refractivity (Wildman–Crippen MR) is 78.8 cm³/mol. The minimum Gasteiger partial charge on any atom is -0.322 e. The highest BCUT2D eigenvalue weighted by atomic mass is 35.5. The number of halogens is 1. The van der Waals surface area contributed by atoms with Crippen LogP contribution in [0.1, 0.15) is 6.42 Å². The number of hydrogen-bond acceptors (Lipinski definition) is 3. The molecule has 0 aliphatic carbocycles. The van der Waals surface area contributed by atoms with Crippen molar-refractivity contribution in [1.29, 1.82) is 0 Å². The van der Waals surface area contributed by atoms with E-state index in [1.807, 2.05) is 6.29 Å². The molecule has 1 radical (unpaired) electrons. The first-order chi connectivity index (χ1) is 9.69. The molecule has 1 aliphatic heterocycles. The van der Waals surface area contributed by atoms with Crippen LogP contribution < -0.4 is 5.32 Å². The zero-order valence-corrected chi connectivity index (χ0v) is 11.9. The Bertz CT molecular complexity index is 456. The van der Waals surface area contributed by atoms with Crippen molar-refractivity contribution in [3.8, 4) is 0 Å². The van der Waals surface area contributed by atoms with Crippen molar-refractivity contribution in [2.24, 2.45) is 0 Å². The lowest BCUT2D eigenvalue weighted by Gasteiger charge is -2.34. The Morgan fingerprint density at radius 3 is 2.45 bits per heavy atom. The van der Waals surface area contributed by atoms with E-state index in [-0.39, 0.29) is 6.03 Å². The Hall–Kier alpha value is -1.59. The standard InChI is InChI=1S/C14H17ClN3O2/c15-12-2-4-13(5-3-12)16-14(20)18-9-7-17(8-10-18)6-1-11-19/h2-5H,1,6-10H2,(H,16,20). The molecule has 0 aromatic heterocycles. The molecule has 1 aromatic rings. The quantitative estimate of drug-likeness (QED) is 0.924. The smallest absolute Gasteiger partial charge is 0.321 e. The summed E-state index contributed by atoms with van der Waals surface area (Å²) in [6, 6.07) is 6.93.